The number of methoxy groups -OCH3 is 2. The molecule has 0 radical (unpaired) electrons. The van der Waals surface area contributed by atoms with Crippen molar-refractivity contribution in [2.75, 3.05) is 34.4 Å². The second-order valence-electron chi connectivity index (χ2n) is 3.28. The van der Waals surface area contributed by atoms with Crippen LogP contribution in [0, 0.1) is 0 Å². The largest absolute Gasteiger partial charge is 0.493 e. The maximum Gasteiger partial charge on any atom is 0.341 e. The van der Waals surface area contributed by atoms with E-state index in [2.05, 4.69) is 5.32 Å². The first kappa shape index (κ1) is 13.3. The van der Waals surface area contributed by atoms with Crippen molar-refractivity contribution >= 4 is 5.97 Å². The number of hydrogen-bond donors (Lipinski definition) is 1. The highest BCUT2D eigenvalue weighted by Crippen LogP contribution is 2.31. The molecule has 0 atom stereocenters. The predicted octanol–water partition coefficient (Wildman–Crippen LogP) is 1.08. The third kappa shape index (κ3) is 3.35. The van der Waals surface area contributed by atoms with Crippen LogP contribution in [-0.2, 0) is 4.74 Å². The summed E-state index contributed by atoms with van der Waals surface area (Å²) < 4.78 is 15.4. The summed E-state index contributed by atoms with van der Waals surface area (Å²) in [5.41, 5.74) is 0.364. The van der Waals surface area contributed by atoms with Gasteiger partial charge < -0.3 is 19.5 Å². The Hall–Kier alpha value is -1.75. The van der Waals surface area contributed by atoms with Crippen molar-refractivity contribution in [1.29, 1.82) is 0 Å². The van der Waals surface area contributed by atoms with Crippen LogP contribution in [0.2, 0.25) is 0 Å². The molecule has 0 aliphatic rings. The highest BCUT2D eigenvalue weighted by atomic mass is 16.5. The number of carbonyl (C=O) groups excluding carboxylic acids is 1. The van der Waals surface area contributed by atoms with Crippen molar-refractivity contribution in [3.63, 3.8) is 0 Å². The van der Waals surface area contributed by atoms with Gasteiger partial charge in [-0.2, -0.15) is 0 Å². The number of rotatable bonds is 6. The highest BCUT2D eigenvalue weighted by molar-refractivity contribution is 5.93. The van der Waals surface area contributed by atoms with Crippen LogP contribution >= 0.6 is 0 Å². The van der Waals surface area contributed by atoms with Gasteiger partial charge in [0, 0.05) is 6.54 Å². The minimum atomic E-state index is -0.441. The van der Waals surface area contributed by atoms with Gasteiger partial charge in [-0.1, -0.05) is 6.07 Å². The number of esters is 1. The first-order chi connectivity index (χ1) is 8.24. The average Bonchev–Trinajstić information content (AvgIpc) is 2.38. The normalized spacial score (nSPS) is 9.82. The van der Waals surface area contributed by atoms with Gasteiger partial charge >= 0.3 is 5.97 Å². The summed E-state index contributed by atoms with van der Waals surface area (Å²) in [6, 6.07) is 5.10. The van der Waals surface area contributed by atoms with Crippen LogP contribution in [0.1, 0.15) is 10.4 Å². The third-order valence-electron chi connectivity index (χ3n) is 2.20. The Balaban J connectivity index is 2.98. The van der Waals surface area contributed by atoms with Crippen molar-refractivity contribution in [1.82, 2.24) is 5.32 Å². The molecule has 1 aromatic carbocycles. The monoisotopic (exact) mass is 239 g/mol. The molecule has 5 heteroatoms. The van der Waals surface area contributed by atoms with Gasteiger partial charge in [0.1, 0.15) is 12.2 Å². The van der Waals surface area contributed by atoms with Gasteiger partial charge in [-0.15, -0.1) is 0 Å². The van der Waals surface area contributed by atoms with Crippen LogP contribution in [0.15, 0.2) is 18.2 Å². The maximum atomic E-state index is 11.6. The minimum absolute atomic E-state index is 0.364. The molecule has 0 spiro atoms. The summed E-state index contributed by atoms with van der Waals surface area (Å²) >= 11 is 0. The van der Waals surface area contributed by atoms with Gasteiger partial charge in [-0.05, 0) is 19.2 Å². The van der Waals surface area contributed by atoms with E-state index in [1.54, 1.807) is 18.2 Å². The van der Waals surface area contributed by atoms with Gasteiger partial charge in [-0.3, -0.25) is 0 Å². The molecule has 0 saturated carbocycles. The third-order valence-corrected chi connectivity index (χ3v) is 2.20. The lowest BCUT2D eigenvalue weighted by Gasteiger charge is -2.13. The molecule has 1 aromatic rings. The number of ether oxygens (including phenoxy) is 3. The van der Waals surface area contributed by atoms with Crippen LogP contribution in [0.4, 0.5) is 0 Å². The lowest BCUT2D eigenvalue weighted by molar-refractivity contribution is 0.0595. The van der Waals surface area contributed by atoms with Crippen molar-refractivity contribution < 1.29 is 19.0 Å². The molecule has 0 unspecified atom stereocenters. The van der Waals surface area contributed by atoms with E-state index in [4.69, 9.17) is 14.2 Å². The molecule has 94 valence electrons. The summed E-state index contributed by atoms with van der Waals surface area (Å²) in [6.07, 6.45) is 0. The Bertz CT molecular complexity index is 379. The van der Waals surface area contributed by atoms with Crippen molar-refractivity contribution in [3.05, 3.63) is 23.8 Å². The molecular formula is C12H17NO4. The summed E-state index contributed by atoms with van der Waals surface area (Å²) in [5, 5.41) is 2.96. The lowest BCUT2D eigenvalue weighted by Crippen LogP contribution is -2.17. The molecule has 0 fully saturated rings. The Kier molecular flexibility index (Phi) is 5.29. The number of para-hydroxylation sites is 1. The van der Waals surface area contributed by atoms with Crippen LogP contribution in [0.5, 0.6) is 11.5 Å². The van der Waals surface area contributed by atoms with Gasteiger partial charge in [0.2, 0.25) is 0 Å². The fraction of sp³-hybridized carbons (Fsp3) is 0.417. The fourth-order valence-electron chi connectivity index (χ4n) is 1.35. The maximum absolute atomic E-state index is 11.6. The Morgan fingerprint density at radius 2 is 2.12 bits per heavy atom. The van der Waals surface area contributed by atoms with Gasteiger partial charge in [0.25, 0.3) is 0 Å². The zero-order valence-electron chi connectivity index (χ0n) is 10.3. The molecule has 0 aliphatic heterocycles. The quantitative estimate of drug-likeness (QED) is 0.594. The van der Waals surface area contributed by atoms with E-state index in [9.17, 15) is 4.79 Å². The van der Waals surface area contributed by atoms with Crippen molar-refractivity contribution in [2.24, 2.45) is 0 Å². The molecule has 0 amide bonds. The fourth-order valence-corrected chi connectivity index (χ4v) is 1.35. The molecule has 0 saturated heterocycles. The molecule has 5 nitrogen and oxygen atoms in total. The molecule has 1 N–H and O–H groups in total. The topological polar surface area (TPSA) is 56.8 Å². The lowest BCUT2D eigenvalue weighted by atomic mass is 10.2. The van der Waals surface area contributed by atoms with Crippen LogP contribution in [-0.4, -0.2) is 40.4 Å². The van der Waals surface area contributed by atoms with Crippen molar-refractivity contribution in [3.8, 4) is 11.5 Å². The second-order valence-corrected chi connectivity index (χ2v) is 3.28. The summed E-state index contributed by atoms with van der Waals surface area (Å²) in [5.74, 6) is 0.490. The number of benzene rings is 1. The number of likely N-dealkylation sites (N-methyl/N-ethyl adjacent to an activating group) is 1. The zero-order valence-corrected chi connectivity index (χ0v) is 10.3. The highest BCUT2D eigenvalue weighted by Gasteiger charge is 2.17. The Morgan fingerprint density at radius 1 is 1.35 bits per heavy atom. The molecule has 17 heavy (non-hydrogen) atoms. The molecule has 0 aliphatic carbocycles. The van der Waals surface area contributed by atoms with Gasteiger partial charge in [0.05, 0.1) is 14.2 Å². The van der Waals surface area contributed by atoms with E-state index in [0.717, 1.165) is 0 Å². The minimum Gasteiger partial charge on any atom is -0.493 e. The molecule has 0 heterocycles. The van der Waals surface area contributed by atoms with Gasteiger partial charge in [-0.25, -0.2) is 4.79 Å². The molecule has 0 bridgehead atoms. The SMILES string of the molecule is CNCCOc1c(OC)cccc1C(=O)OC. The van der Waals surface area contributed by atoms with Crippen LogP contribution < -0.4 is 14.8 Å². The number of carbonyl (C=O) groups is 1. The molecular weight excluding hydrogens is 222 g/mol. The first-order valence-electron chi connectivity index (χ1n) is 5.27. The number of hydrogen-bond acceptors (Lipinski definition) is 5. The van der Waals surface area contributed by atoms with E-state index < -0.39 is 5.97 Å². The summed E-state index contributed by atoms with van der Waals surface area (Å²) in [7, 11) is 4.69. The van der Waals surface area contributed by atoms with Gasteiger partial charge in [0.15, 0.2) is 11.5 Å². The summed E-state index contributed by atoms with van der Waals surface area (Å²) in [6.45, 7) is 1.12. The van der Waals surface area contributed by atoms with E-state index in [1.165, 1.54) is 14.2 Å². The predicted molar refractivity (Wildman–Crippen MR) is 63.8 cm³/mol. The van der Waals surface area contributed by atoms with E-state index in [1.807, 2.05) is 7.05 Å². The van der Waals surface area contributed by atoms with E-state index in [-0.39, 0.29) is 0 Å². The average molecular weight is 239 g/mol. The van der Waals surface area contributed by atoms with Crippen LogP contribution in [0.3, 0.4) is 0 Å². The molecule has 0 aromatic heterocycles. The van der Waals surface area contributed by atoms with Crippen molar-refractivity contribution in [2.45, 2.75) is 0 Å². The summed E-state index contributed by atoms with van der Waals surface area (Å²) in [4.78, 5) is 11.6. The number of nitrogens with one attached hydrogen (secondary N) is 1. The Labute approximate surface area is 101 Å². The van der Waals surface area contributed by atoms with E-state index in [0.29, 0.717) is 30.2 Å². The zero-order chi connectivity index (χ0) is 12.7. The Morgan fingerprint density at radius 3 is 2.71 bits per heavy atom. The second kappa shape index (κ2) is 6.75. The smallest absolute Gasteiger partial charge is 0.341 e. The van der Waals surface area contributed by atoms with Crippen LogP contribution in [0.25, 0.3) is 0 Å². The molecule has 1 rings (SSSR count). The van der Waals surface area contributed by atoms with E-state index >= 15 is 0 Å². The first-order valence-corrected chi connectivity index (χ1v) is 5.27. The standard InChI is InChI=1S/C12H17NO4/c1-13-7-8-17-11-9(12(14)16-3)5-4-6-10(11)15-2/h4-6,13H,7-8H2,1-3H3.